The Balaban J connectivity index is 2.06. The normalized spacial score (nSPS) is 18.3. The summed E-state index contributed by atoms with van der Waals surface area (Å²) < 4.78 is 18.3. The summed E-state index contributed by atoms with van der Waals surface area (Å²) in [5.41, 5.74) is 2.32. The first-order valence-electron chi connectivity index (χ1n) is 8.01. The van der Waals surface area contributed by atoms with Crippen molar-refractivity contribution in [2.24, 2.45) is 0 Å². The molecule has 0 aliphatic carbocycles. The first-order valence-corrected chi connectivity index (χ1v) is 8.01. The van der Waals surface area contributed by atoms with Crippen molar-refractivity contribution >= 4 is 5.90 Å². The number of hydrogen-bond donors (Lipinski definition) is 3. The molecule has 0 fully saturated rings. The minimum atomic E-state index is -1.19. The van der Waals surface area contributed by atoms with Crippen molar-refractivity contribution in [3.8, 4) is 0 Å². The number of benzene rings is 1. The van der Waals surface area contributed by atoms with Crippen molar-refractivity contribution in [2.75, 3.05) is 13.7 Å². The average Bonchev–Trinajstić information content (AvgIpc) is 2.59. The lowest BCUT2D eigenvalue weighted by Crippen LogP contribution is -2.35. The summed E-state index contributed by atoms with van der Waals surface area (Å²) in [6.07, 6.45) is 2.81. The highest BCUT2D eigenvalue weighted by Gasteiger charge is 2.32. The smallest absolute Gasteiger partial charge is 0.234 e. The molecule has 25 heavy (non-hydrogen) atoms. The lowest BCUT2D eigenvalue weighted by atomic mass is 9.99. The van der Waals surface area contributed by atoms with E-state index in [0.717, 1.165) is 11.3 Å². The fourth-order valence-corrected chi connectivity index (χ4v) is 2.66. The third kappa shape index (κ3) is 4.09. The first kappa shape index (κ1) is 18.7. The van der Waals surface area contributed by atoms with Crippen LogP contribution in [0.25, 0.3) is 0 Å². The van der Waals surface area contributed by atoms with Crippen LogP contribution < -0.4 is 0 Å². The monoisotopic (exact) mass is 346 g/mol. The largest absolute Gasteiger partial charge is 0.507 e. The Kier molecular flexibility index (Phi) is 5.98. The van der Waals surface area contributed by atoms with Crippen LogP contribution in [0.4, 0.5) is 4.39 Å². The second kappa shape index (κ2) is 7.98. The van der Waals surface area contributed by atoms with Crippen LogP contribution in [0.3, 0.4) is 0 Å². The Morgan fingerprint density at radius 2 is 2.00 bits per heavy atom. The Morgan fingerprint density at radius 3 is 2.60 bits per heavy atom. The van der Waals surface area contributed by atoms with Gasteiger partial charge in [0.2, 0.25) is 5.90 Å². The number of nitrogens with one attached hydrogen (secondary N) is 1. The number of rotatable bonds is 5. The van der Waals surface area contributed by atoms with Crippen molar-refractivity contribution < 1.29 is 19.3 Å². The van der Waals surface area contributed by atoms with E-state index in [1.165, 1.54) is 12.1 Å². The highest BCUT2D eigenvalue weighted by molar-refractivity contribution is 5.92. The molecule has 3 N–H and O–H groups in total. The summed E-state index contributed by atoms with van der Waals surface area (Å²) in [7, 11) is 1.70. The standard InChI is InChI=1S/C19H23FN2O3/c1-4-5-15-12(2)22(3)16(18(24)17(15)23)19(21)25-11-10-13-6-8-14(20)9-7-13/h4-9,17,21,23-24H,10-11H2,1-3H3/b5-4-,21-19?. The molecule has 0 bridgehead atoms. The predicted molar refractivity (Wildman–Crippen MR) is 94.7 cm³/mol. The van der Waals surface area contributed by atoms with Crippen LogP contribution in [0.5, 0.6) is 0 Å². The summed E-state index contributed by atoms with van der Waals surface area (Å²) in [4.78, 5) is 1.62. The molecular weight excluding hydrogens is 323 g/mol. The van der Waals surface area contributed by atoms with Crippen LogP contribution in [0, 0.1) is 11.2 Å². The molecule has 0 saturated heterocycles. The second-order valence-corrected chi connectivity index (χ2v) is 5.79. The van der Waals surface area contributed by atoms with Crippen molar-refractivity contribution in [2.45, 2.75) is 26.4 Å². The third-order valence-corrected chi connectivity index (χ3v) is 4.16. The topological polar surface area (TPSA) is 76.8 Å². The van der Waals surface area contributed by atoms with Crippen LogP contribution in [-0.4, -0.2) is 40.8 Å². The maximum atomic E-state index is 12.9. The number of nitrogens with zero attached hydrogens (tertiary/aromatic N) is 1. The SMILES string of the molecule is C/C=C\C1=C(C)N(C)C(C(=N)OCCc2ccc(F)cc2)=C(O)C1O. The van der Waals surface area contributed by atoms with E-state index < -0.39 is 6.10 Å². The molecule has 1 heterocycles. The van der Waals surface area contributed by atoms with Gasteiger partial charge in [0.1, 0.15) is 17.6 Å². The highest BCUT2D eigenvalue weighted by atomic mass is 19.1. The van der Waals surface area contributed by atoms with Gasteiger partial charge in [-0.3, -0.25) is 5.41 Å². The molecular formula is C19H23FN2O3. The predicted octanol–water partition coefficient (Wildman–Crippen LogP) is 3.29. The van der Waals surface area contributed by atoms with Crippen LogP contribution >= 0.6 is 0 Å². The number of hydrogen-bond acceptors (Lipinski definition) is 5. The van der Waals surface area contributed by atoms with E-state index in [1.54, 1.807) is 43.2 Å². The number of aliphatic hydroxyl groups excluding tert-OH is 2. The van der Waals surface area contributed by atoms with Gasteiger partial charge in [0.25, 0.3) is 0 Å². The van der Waals surface area contributed by atoms with Gasteiger partial charge in [-0.05, 0) is 31.5 Å². The Morgan fingerprint density at radius 1 is 1.36 bits per heavy atom. The van der Waals surface area contributed by atoms with Crippen LogP contribution in [-0.2, 0) is 11.2 Å². The van der Waals surface area contributed by atoms with Crippen molar-refractivity contribution in [1.29, 1.82) is 5.41 Å². The molecule has 1 atom stereocenters. The minimum absolute atomic E-state index is 0.136. The fourth-order valence-electron chi connectivity index (χ4n) is 2.66. The third-order valence-electron chi connectivity index (χ3n) is 4.16. The van der Waals surface area contributed by atoms with Crippen LogP contribution in [0.2, 0.25) is 0 Å². The van der Waals surface area contributed by atoms with Gasteiger partial charge >= 0.3 is 0 Å². The number of ether oxygens (including phenoxy) is 1. The molecule has 0 radical (unpaired) electrons. The zero-order valence-electron chi connectivity index (χ0n) is 14.6. The zero-order chi connectivity index (χ0) is 18.6. The molecule has 0 amide bonds. The molecule has 0 aromatic heterocycles. The van der Waals surface area contributed by atoms with E-state index in [9.17, 15) is 14.6 Å². The fraction of sp³-hybridized carbons (Fsp3) is 0.316. The Bertz CT molecular complexity index is 736. The van der Waals surface area contributed by atoms with Gasteiger partial charge in [0.05, 0.1) is 6.61 Å². The quantitative estimate of drug-likeness (QED) is 0.565. The lowest BCUT2D eigenvalue weighted by Gasteiger charge is -2.32. The first-order chi connectivity index (χ1) is 11.9. The van der Waals surface area contributed by atoms with Crippen LogP contribution in [0.1, 0.15) is 19.4 Å². The van der Waals surface area contributed by atoms with E-state index in [0.29, 0.717) is 12.0 Å². The molecule has 1 aliphatic heterocycles. The van der Waals surface area contributed by atoms with E-state index in [1.807, 2.05) is 6.92 Å². The lowest BCUT2D eigenvalue weighted by molar-refractivity contribution is 0.165. The number of halogens is 1. The number of allylic oxidation sites excluding steroid dienone is 2. The van der Waals surface area contributed by atoms with Gasteiger partial charge in [-0.2, -0.15) is 0 Å². The minimum Gasteiger partial charge on any atom is -0.507 e. The maximum Gasteiger partial charge on any atom is 0.234 e. The van der Waals surface area contributed by atoms with Gasteiger partial charge in [-0.15, -0.1) is 0 Å². The molecule has 1 aromatic carbocycles. The molecule has 6 heteroatoms. The second-order valence-electron chi connectivity index (χ2n) is 5.79. The summed E-state index contributed by atoms with van der Waals surface area (Å²) in [5, 5.41) is 28.7. The Labute approximate surface area is 146 Å². The van der Waals surface area contributed by atoms with Gasteiger partial charge in [0, 0.05) is 24.7 Å². The zero-order valence-corrected chi connectivity index (χ0v) is 14.6. The van der Waals surface area contributed by atoms with Gasteiger partial charge < -0.3 is 19.8 Å². The van der Waals surface area contributed by atoms with Crippen molar-refractivity contribution in [3.05, 3.63) is 70.5 Å². The van der Waals surface area contributed by atoms with E-state index in [-0.39, 0.29) is 29.8 Å². The van der Waals surface area contributed by atoms with Crippen molar-refractivity contribution in [1.82, 2.24) is 4.90 Å². The van der Waals surface area contributed by atoms with Gasteiger partial charge in [-0.25, -0.2) is 4.39 Å². The molecule has 1 aliphatic rings. The van der Waals surface area contributed by atoms with Gasteiger partial charge in [0.15, 0.2) is 5.76 Å². The summed E-state index contributed by atoms with van der Waals surface area (Å²) in [6.45, 7) is 3.83. The number of aliphatic hydroxyl groups is 2. The Hall–Kier alpha value is -2.60. The molecule has 0 saturated carbocycles. The van der Waals surface area contributed by atoms with E-state index in [2.05, 4.69) is 0 Å². The summed E-state index contributed by atoms with van der Waals surface area (Å²) >= 11 is 0. The van der Waals surface area contributed by atoms with E-state index >= 15 is 0 Å². The summed E-state index contributed by atoms with van der Waals surface area (Å²) in [5.74, 6) is -0.836. The highest BCUT2D eigenvalue weighted by Crippen LogP contribution is 2.30. The number of likely N-dealkylation sites (N-methyl/N-ethyl adjacent to an activating group) is 1. The summed E-state index contributed by atoms with van der Waals surface area (Å²) in [6, 6.07) is 6.06. The molecule has 134 valence electrons. The van der Waals surface area contributed by atoms with Gasteiger partial charge in [-0.1, -0.05) is 24.3 Å². The molecule has 5 nitrogen and oxygen atoms in total. The molecule has 1 aromatic rings. The molecule has 1 unspecified atom stereocenters. The molecule has 2 rings (SSSR count). The molecule has 0 spiro atoms. The average molecular weight is 346 g/mol. The maximum absolute atomic E-state index is 12.9. The van der Waals surface area contributed by atoms with Crippen molar-refractivity contribution in [3.63, 3.8) is 0 Å². The van der Waals surface area contributed by atoms with E-state index in [4.69, 9.17) is 10.1 Å². The van der Waals surface area contributed by atoms with Crippen LogP contribution in [0.15, 0.2) is 59.1 Å².